The number of methoxy groups -OCH3 is 1. The molecule has 1 fully saturated rings. The van der Waals surface area contributed by atoms with Gasteiger partial charge in [-0.15, -0.1) is 0 Å². The minimum atomic E-state index is 0.0424. The van der Waals surface area contributed by atoms with E-state index in [9.17, 15) is 0 Å². The van der Waals surface area contributed by atoms with E-state index in [1.165, 1.54) is 18.4 Å². The summed E-state index contributed by atoms with van der Waals surface area (Å²) in [4.78, 5) is 0. The molecule has 1 aliphatic rings. The van der Waals surface area contributed by atoms with Crippen LogP contribution in [0.3, 0.4) is 0 Å². The van der Waals surface area contributed by atoms with Crippen LogP contribution >= 0.6 is 0 Å². The van der Waals surface area contributed by atoms with Crippen molar-refractivity contribution in [2.45, 2.75) is 18.8 Å². The highest BCUT2D eigenvalue weighted by Gasteiger charge is 2.17. The first kappa shape index (κ1) is 12.7. The van der Waals surface area contributed by atoms with Gasteiger partial charge in [0.1, 0.15) is 6.07 Å². The largest absolute Gasteiger partial charge is 0.493 e. The van der Waals surface area contributed by atoms with Crippen LogP contribution in [0, 0.1) is 11.3 Å². The predicted octanol–water partition coefficient (Wildman–Crippen LogP) is 2.06. The summed E-state index contributed by atoms with van der Waals surface area (Å²) < 4.78 is 10.6. The van der Waals surface area contributed by atoms with Crippen LogP contribution in [0.1, 0.15) is 24.3 Å². The molecule has 1 aromatic rings. The highest BCUT2D eigenvalue weighted by molar-refractivity contribution is 5.44. The van der Waals surface area contributed by atoms with Gasteiger partial charge in [-0.25, -0.2) is 0 Å². The predicted molar refractivity (Wildman–Crippen MR) is 68.9 cm³/mol. The van der Waals surface area contributed by atoms with E-state index < -0.39 is 0 Å². The van der Waals surface area contributed by atoms with Gasteiger partial charge in [0.2, 0.25) is 0 Å². The molecule has 4 heteroatoms. The normalized spacial score (nSPS) is 19.0. The van der Waals surface area contributed by atoms with Crippen LogP contribution in [-0.2, 0) is 0 Å². The van der Waals surface area contributed by atoms with Crippen molar-refractivity contribution in [3.05, 3.63) is 23.8 Å². The van der Waals surface area contributed by atoms with E-state index in [1.54, 1.807) is 7.11 Å². The second-order valence-corrected chi connectivity index (χ2v) is 4.40. The zero-order valence-electron chi connectivity index (χ0n) is 10.6. The number of piperidine rings is 1. The summed E-state index contributed by atoms with van der Waals surface area (Å²) in [5.74, 6) is 1.87. The van der Waals surface area contributed by atoms with Gasteiger partial charge in [0.25, 0.3) is 0 Å². The fourth-order valence-electron chi connectivity index (χ4n) is 2.30. The van der Waals surface area contributed by atoms with Crippen LogP contribution in [0.2, 0.25) is 0 Å². The van der Waals surface area contributed by atoms with Crippen LogP contribution in [0.25, 0.3) is 0 Å². The first-order chi connectivity index (χ1) is 8.85. The number of ether oxygens (including phenoxy) is 2. The Morgan fingerprint density at radius 1 is 1.44 bits per heavy atom. The van der Waals surface area contributed by atoms with E-state index in [4.69, 9.17) is 14.7 Å². The molecule has 0 aliphatic carbocycles. The summed E-state index contributed by atoms with van der Waals surface area (Å²) in [7, 11) is 1.62. The SMILES string of the molecule is COc1cc(C2CCCNC2)ccc1OCC#N. The fourth-order valence-corrected chi connectivity index (χ4v) is 2.30. The number of rotatable bonds is 4. The van der Waals surface area contributed by atoms with Gasteiger partial charge in [-0.1, -0.05) is 6.07 Å². The van der Waals surface area contributed by atoms with Gasteiger partial charge in [0.05, 0.1) is 7.11 Å². The first-order valence-electron chi connectivity index (χ1n) is 6.23. The molecule has 4 nitrogen and oxygen atoms in total. The molecule has 0 saturated carbocycles. The highest BCUT2D eigenvalue weighted by atomic mass is 16.5. The summed E-state index contributed by atoms with van der Waals surface area (Å²) in [6.45, 7) is 2.17. The standard InChI is InChI=1S/C14H18N2O2/c1-17-14-9-11(12-3-2-7-16-10-12)4-5-13(14)18-8-6-15/h4-5,9,12,16H,2-3,7-8,10H2,1H3. The lowest BCUT2D eigenvalue weighted by Crippen LogP contribution is -2.28. The van der Waals surface area contributed by atoms with Crippen molar-refractivity contribution in [1.29, 1.82) is 5.26 Å². The van der Waals surface area contributed by atoms with Crippen LogP contribution in [0.15, 0.2) is 18.2 Å². The maximum atomic E-state index is 8.53. The Bertz CT molecular complexity index is 434. The van der Waals surface area contributed by atoms with E-state index in [0.717, 1.165) is 13.1 Å². The lowest BCUT2D eigenvalue weighted by Gasteiger charge is -2.23. The van der Waals surface area contributed by atoms with E-state index in [-0.39, 0.29) is 6.61 Å². The average Bonchev–Trinajstić information content (AvgIpc) is 2.46. The second kappa shape index (κ2) is 6.27. The number of hydrogen-bond donors (Lipinski definition) is 1. The summed E-state index contributed by atoms with van der Waals surface area (Å²) >= 11 is 0. The molecule has 0 radical (unpaired) electrons. The maximum absolute atomic E-state index is 8.53. The number of hydrogen-bond acceptors (Lipinski definition) is 4. The minimum absolute atomic E-state index is 0.0424. The van der Waals surface area contributed by atoms with E-state index >= 15 is 0 Å². The summed E-state index contributed by atoms with van der Waals surface area (Å²) in [6, 6.07) is 7.93. The van der Waals surface area contributed by atoms with Gasteiger partial charge in [-0.05, 0) is 43.0 Å². The highest BCUT2D eigenvalue weighted by Crippen LogP contribution is 2.32. The molecule has 1 saturated heterocycles. The Morgan fingerprint density at radius 3 is 3.00 bits per heavy atom. The average molecular weight is 246 g/mol. The van der Waals surface area contributed by atoms with Gasteiger partial charge in [-0.2, -0.15) is 5.26 Å². The fraction of sp³-hybridized carbons (Fsp3) is 0.500. The Morgan fingerprint density at radius 2 is 2.33 bits per heavy atom. The molecule has 0 spiro atoms. The van der Waals surface area contributed by atoms with Crippen molar-refractivity contribution in [3.63, 3.8) is 0 Å². The van der Waals surface area contributed by atoms with Gasteiger partial charge in [0.15, 0.2) is 18.1 Å². The van der Waals surface area contributed by atoms with Crippen molar-refractivity contribution in [1.82, 2.24) is 5.32 Å². The van der Waals surface area contributed by atoms with Crippen LogP contribution in [-0.4, -0.2) is 26.8 Å². The van der Waals surface area contributed by atoms with Gasteiger partial charge in [0, 0.05) is 6.54 Å². The van der Waals surface area contributed by atoms with Gasteiger partial charge in [-0.3, -0.25) is 0 Å². The number of nitriles is 1. The van der Waals surface area contributed by atoms with Gasteiger partial charge < -0.3 is 14.8 Å². The Hall–Kier alpha value is -1.73. The van der Waals surface area contributed by atoms with E-state index in [2.05, 4.69) is 11.4 Å². The monoisotopic (exact) mass is 246 g/mol. The Balaban J connectivity index is 2.15. The summed E-state index contributed by atoms with van der Waals surface area (Å²) in [5.41, 5.74) is 1.27. The zero-order valence-corrected chi connectivity index (χ0v) is 10.6. The van der Waals surface area contributed by atoms with Crippen molar-refractivity contribution >= 4 is 0 Å². The lowest BCUT2D eigenvalue weighted by atomic mass is 9.91. The molecule has 1 aliphatic heterocycles. The molecule has 1 heterocycles. The smallest absolute Gasteiger partial charge is 0.174 e. The molecule has 0 aromatic heterocycles. The third-order valence-corrected chi connectivity index (χ3v) is 3.25. The third kappa shape index (κ3) is 2.93. The minimum Gasteiger partial charge on any atom is -0.493 e. The topological polar surface area (TPSA) is 54.3 Å². The van der Waals surface area contributed by atoms with Crippen molar-refractivity contribution in [2.24, 2.45) is 0 Å². The number of nitrogens with one attached hydrogen (secondary N) is 1. The molecule has 1 unspecified atom stereocenters. The second-order valence-electron chi connectivity index (χ2n) is 4.40. The molecule has 1 aromatic carbocycles. The van der Waals surface area contributed by atoms with Crippen molar-refractivity contribution in [3.8, 4) is 17.6 Å². The maximum Gasteiger partial charge on any atom is 0.174 e. The van der Waals surface area contributed by atoms with Crippen LogP contribution < -0.4 is 14.8 Å². The first-order valence-corrected chi connectivity index (χ1v) is 6.23. The van der Waals surface area contributed by atoms with Crippen molar-refractivity contribution in [2.75, 3.05) is 26.8 Å². The van der Waals surface area contributed by atoms with Crippen LogP contribution in [0.4, 0.5) is 0 Å². The van der Waals surface area contributed by atoms with E-state index in [1.807, 2.05) is 18.2 Å². The molecule has 96 valence electrons. The zero-order chi connectivity index (χ0) is 12.8. The third-order valence-electron chi connectivity index (χ3n) is 3.25. The molecule has 18 heavy (non-hydrogen) atoms. The molecular formula is C14H18N2O2. The molecular weight excluding hydrogens is 228 g/mol. The van der Waals surface area contributed by atoms with E-state index in [0.29, 0.717) is 17.4 Å². The number of benzene rings is 1. The Kier molecular flexibility index (Phi) is 4.43. The molecule has 1 N–H and O–H groups in total. The quantitative estimate of drug-likeness (QED) is 0.883. The molecule has 0 amide bonds. The summed E-state index contributed by atoms with van der Waals surface area (Å²) in [5, 5.41) is 11.9. The molecule has 0 bridgehead atoms. The van der Waals surface area contributed by atoms with Crippen LogP contribution in [0.5, 0.6) is 11.5 Å². The summed E-state index contributed by atoms with van der Waals surface area (Å²) in [6.07, 6.45) is 2.41. The molecule has 1 atom stereocenters. The number of nitrogens with zero attached hydrogens (tertiary/aromatic N) is 1. The Labute approximate surface area is 108 Å². The molecule has 2 rings (SSSR count). The van der Waals surface area contributed by atoms with Crippen molar-refractivity contribution < 1.29 is 9.47 Å². The van der Waals surface area contributed by atoms with Gasteiger partial charge >= 0.3 is 0 Å². The lowest BCUT2D eigenvalue weighted by molar-refractivity contribution is 0.328.